The zero-order valence-electron chi connectivity index (χ0n) is 6.01. The van der Waals surface area contributed by atoms with Crippen molar-refractivity contribution < 1.29 is 9.11 Å². The molecule has 4 N–H and O–H groups in total. The van der Waals surface area contributed by atoms with E-state index in [0.29, 0.717) is 5.82 Å². The largest absolute Gasteiger partial charge is 0.285 e. The van der Waals surface area contributed by atoms with Gasteiger partial charge in [-0.25, -0.2) is 10.1 Å². The summed E-state index contributed by atoms with van der Waals surface area (Å²) in [7, 11) is -1.31. The Balaban J connectivity index is 2.65. The number of nitrogens with two attached hydrogens (primary N) is 1. The summed E-state index contributed by atoms with van der Waals surface area (Å²) in [6, 6.07) is 0. The minimum absolute atomic E-state index is 0.0894. The minimum Gasteiger partial charge on any atom is -0.285 e. The SMILES string of the molecule is Cn1cnc(CS(N)(O)O)n1. The van der Waals surface area contributed by atoms with Crippen LogP contribution in [0.4, 0.5) is 0 Å². The van der Waals surface area contributed by atoms with Crippen LogP contribution in [0.3, 0.4) is 0 Å². The van der Waals surface area contributed by atoms with Crippen LogP contribution in [0.5, 0.6) is 0 Å². The second-order valence-corrected chi connectivity index (χ2v) is 3.92. The molecule has 7 heteroatoms. The lowest BCUT2D eigenvalue weighted by Gasteiger charge is -2.23. The van der Waals surface area contributed by atoms with E-state index < -0.39 is 10.8 Å². The minimum atomic E-state index is -3.00. The molecule has 0 aromatic carbocycles. The summed E-state index contributed by atoms with van der Waals surface area (Å²) in [5.74, 6) is 0.253. The van der Waals surface area contributed by atoms with Crippen LogP contribution in [0.25, 0.3) is 0 Å². The Hall–Kier alpha value is -0.630. The van der Waals surface area contributed by atoms with E-state index in [0.717, 1.165) is 0 Å². The van der Waals surface area contributed by atoms with Gasteiger partial charge in [0.25, 0.3) is 0 Å². The van der Waals surface area contributed by atoms with Crippen LogP contribution >= 0.6 is 10.8 Å². The molecule has 0 unspecified atom stereocenters. The quantitative estimate of drug-likeness (QED) is 0.589. The average Bonchev–Trinajstić information content (AvgIpc) is 2.10. The molecule has 0 aliphatic carbocycles. The van der Waals surface area contributed by atoms with Crippen LogP contribution in [0.1, 0.15) is 5.82 Å². The van der Waals surface area contributed by atoms with Gasteiger partial charge in [0.05, 0.1) is 0 Å². The summed E-state index contributed by atoms with van der Waals surface area (Å²) in [6.45, 7) is 0. The molecule has 0 atom stereocenters. The van der Waals surface area contributed by atoms with E-state index in [1.54, 1.807) is 7.05 Å². The first kappa shape index (κ1) is 8.47. The van der Waals surface area contributed by atoms with Crippen molar-refractivity contribution in [1.82, 2.24) is 14.8 Å². The fourth-order valence-electron chi connectivity index (χ4n) is 0.640. The second kappa shape index (κ2) is 2.78. The first-order valence-electron chi connectivity index (χ1n) is 2.85. The molecule has 0 saturated carbocycles. The molecular formula is C4H10N4O2S. The van der Waals surface area contributed by atoms with Crippen molar-refractivity contribution in [3.8, 4) is 0 Å². The lowest BCUT2D eigenvalue weighted by Crippen LogP contribution is -2.11. The van der Waals surface area contributed by atoms with Gasteiger partial charge in [-0.3, -0.25) is 13.8 Å². The molecule has 1 rings (SSSR count). The highest BCUT2D eigenvalue weighted by Gasteiger charge is 2.09. The van der Waals surface area contributed by atoms with Crippen molar-refractivity contribution in [2.75, 3.05) is 0 Å². The Morgan fingerprint density at radius 1 is 1.73 bits per heavy atom. The van der Waals surface area contributed by atoms with Gasteiger partial charge in [0.1, 0.15) is 12.1 Å². The van der Waals surface area contributed by atoms with E-state index in [4.69, 9.17) is 14.2 Å². The molecule has 11 heavy (non-hydrogen) atoms. The summed E-state index contributed by atoms with van der Waals surface area (Å²) in [4.78, 5) is 3.77. The van der Waals surface area contributed by atoms with Gasteiger partial charge in [0, 0.05) is 7.05 Å². The van der Waals surface area contributed by atoms with Crippen LogP contribution in [0.2, 0.25) is 0 Å². The number of hydrogen-bond acceptors (Lipinski definition) is 5. The lowest BCUT2D eigenvalue weighted by molar-refractivity contribution is 0.486. The number of aromatic nitrogens is 3. The number of hydrogen-bond donors (Lipinski definition) is 3. The highest BCUT2D eigenvalue weighted by atomic mass is 32.3. The summed E-state index contributed by atoms with van der Waals surface area (Å²) in [5.41, 5.74) is 0. The van der Waals surface area contributed by atoms with Gasteiger partial charge in [0.2, 0.25) is 0 Å². The molecule has 0 spiro atoms. The Morgan fingerprint density at radius 3 is 2.73 bits per heavy atom. The monoisotopic (exact) mass is 178 g/mol. The van der Waals surface area contributed by atoms with Gasteiger partial charge < -0.3 is 0 Å². The van der Waals surface area contributed by atoms with Crippen LogP contribution in [0.15, 0.2) is 6.33 Å². The van der Waals surface area contributed by atoms with E-state index in [2.05, 4.69) is 10.1 Å². The first-order valence-corrected chi connectivity index (χ1v) is 4.63. The molecule has 64 valence electrons. The molecular weight excluding hydrogens is 168 g/mol. The van der Waals surface area contributed by atoms with Gasteiger partial charge in [-0.05, 0) is 0 Å². The average molecular weight is 178 g/mol. The van der Waals surface area contributed by atoms with Crippen molar-refractivity contribution in [2.24, 2.45) is 12.2 Å². The lowest BCUT2D eigenvalue weighted by atomic mass is 10.7. The molecule has 6 nitrogen and oxygen atoms in total. The maximum atomic E-state index is 8.81. The third kappa shape index (κ3) is 2.85. The van der Waals surface area contributed by atoms with Crippen molar-refractivity contribution in [3.63, 3.8) is 0 Å². The number of aryl methyl sites for hydroxylation is 1. The molecule has 0 aliphatic heterocycles. The summed E-state index contributed by atoms with van der Waals surface area (Å²) in [5, 5.41) is 8.80. The molecule has 0 aliphatic rings. The molecule has 1 aromatic heterocycles. The zero-order chi connectivity index (χ0) is 8.48. The molecule has 0 radical (unpaired) electrons. The van der Waals surface area contributed by atoms with Gasteiger partial charge in [-0.1, -0.05) is 0 Å². The number of nitrogens with zero attached hydrogens (tertiary/aromatic N) is 3. The first-order chi connectivity index (χ1) is 4.97. The molecule has 1 heterocycles. The Bertz CT molecular complexity index is 242. The standard InChI is InChI=1S/C4H10N4O2S/c1-8-3-6-4(7-8)2-11(5,9)10/h3,9-10H,2,5H2,1H3. The van der Waals surface area contributed by atoms with Gasteiger partial charge in [0.15, 0.2) is 5.82 Å². The second-order valence-electron chi connectivity index (χ2n) is 2.20. The Kier molecular flexibility index (Phi) is 2.14. The summed E-state index contributed by atoms with van der Waals surface area (Å²) < 4.78 is 19.1. The normalized spacial score (nSPS) is 13.5. The number of rotatable bonds is 2. The predicted molar refractivity (Wildman–Crippen MR) is 41.7 cm³/mol. The van der Waals surface area contributed by atoms with Crippen molar-refractivity contribution in [1.29, 1.82) is 0 Å². The van der Waals surface area contributed by atoms with Crippen LogP contribution < -0.4 is 5.14 Å². The van der Waals surface area contributed by atoms with E-state index in [-0.39, 0.29) is 5.75 Å². The Labute approximate surface area is 65.5 Å². The molecule has 0 saturated heterocycles. The fourth-order valence-corrected chi connectivity index (χ4v) is 1.15. The van der Waals surface area contributed by atoms with Crippen molar-refractivity contribution in [2.45, 2.75) is 5.75 Å². The molecule has 0 amide bonds. The van der Waals surface area contributed by atoms with Crippen LogP contribution in [0, 0.1) is 0 Å². The van der Waals surface area contributed by atoms with E-state index in [1.807, 2.05) is 0 Å². The van der Waals surface area contributed by atoms with Crippen LogP contribution in [-0.2, 0) is 12.8 Å². The molecule has 0 bridgehead atoms. The van der Waals surface area contributed by atoms with E-state index >= 15 is 0 Å². The third-order valence-electron chi connectivity index (χ3n) is 0.989. The Morgan fingerprint density at radius 2 is 2.36 bits per heavy atom. The fraction of sp³-hybridized carbons (Fsp3) is 0.500. The third-order valence-corrected chi connectivity index (χ3v) is 1.67. The van der Waals surface area contributed by atoms with E-state index in [9.17, 15) is 0 Å². The molecule has 0 fully saturated rings. The smallest absolute Gasteiger partial charge is 0.171 e. The summed E-state index contributed by atoms with van der Waals surface area (Å²) >= 11 is 0. The maximum absolute atomic E-state index is 8.81. The van der Waals surface area contributed by atoms with Gasteiger partial charge >= 0.3 is 0 Å². The zero-order valence-corrected chi connectivity index (χ0v) is 6.82. The molecule has 1 aromatic rings. The van der Waals surface area contributed by atoms with E-state index in [1.165, 1.54) is 11.0 Å². The highest BCUT2D eigenvalue weighted by Crippen LogP contribution is 2.31. The topological polar surface area (TPSA) is 97.2 Å². The van der Waals surface area contributed by atoms with Crippen molar-refractivity contribution >= 4 is 10.8 Å². The van der Waals surface area contributed by atoms with Gasteiger partial charge in [-0.15, -0.1) is 10.8 Å². The van der Waals surface area contributed by atoms with Crippen molar-refractivity contribution in [3.05, 3.63) is 12.2 Å². The van der Waals surface area contributed by atoms with Crippen LogP contribution in [-0.4, -0.2) is 23.9 Å². The predicted octanol–water partition coefficient (Wildman–Crippen LogP) is -0.0606. The summed E-state index contributed by atoms with van der Waals surface area (Å²) in [6.07, 6.45) is 1.47. The maximum Gasteiger partial charge on any atom is 0.171 e. The highest BCUT2D eigenvalue weighted by molar-refractivity contribution is 8.21. The van der Waals surface area contributed by atoms with Gasteiger partial charge in [-0.2, -0.15) is 5.10 Å².